The first-order valence-electron chi connectivity index (χ1n) is 7.11. The molecule has 0 bridgehead atoms. The first-order chi connectivity index (χ1) is 11.7. The average molecular weight is 387 g/mol. The number of aryl methyl sites for hydroxylation is 2. The summed E-state index contributed by atoms with van der Waals surface area (Å²) in [5, 5.41) is 10.9. The number of pyridine rings is 1. The molecular weight excluding hydrogens is 375 g/mol. The molecule has 0 spiro atoms. The number of alkyl halides is 3. The SMILES string of the molecule is CCc1nnc(NC(=O)c2sc3nc(C)cc(C(F)(F)F)c3c2N)s1. The van der Waals surface area contributed by atoms with Crippen molar-refractivity contribution in [2.75, 3.05) is 11.1 Å². The van der Waals surface area contributed by atoms with E-state index in [4.69, 9.17) is 5.73 Å². The van der Waals surface area contributed by atoms with Gasteiger partial charge in [0.15, 0.2) is 0 Å². The minimum absolute atomic E-state index is 0.0353. The molecule has 3 aromatic rings. The molecule has 3 N–H and O–H groups in total. The molecule has 3 rings (SSSR count). The van der Waals surface area contributed by atoms with Crippen molar-refractivity contribution < 1.29 is 18.0 Å². The van der Waals surface area contributed by atoms with Crippen LogP contribution in [0, 0.1) is 6.92 Å². The molecule has 3 heterocycles. The molecule has 0 atom stereocenters. The molecule has 0 unspecified atom stereocenters. The number of amides is 1. The van der Waals surface area contributed by atoms with Gasteiger partial charge >= 0.3 is 6.18 Å². The maximum Gasteiger partial charge on any atom is 0.417 e. The lowest BCUT2D eigenvalue weighted by atomic mass is 10.1. The van der Waals surface area contributed by atoms with E-state index in [0.29, 0.717) is 6.42 Å². The van der Waals surface area contributed by atoms with Gasteiger partial charge in [0.25, 0.3) is 5.91 Å². The number of aromatic nitrogens is 3. The average Bonchev–Trinajstić information content (AvgIpc) is 3.10. The Balaban J connectivity index is 2.05. The van der Waals surface area contributed by atoms with Gasteiger partial charge in [0.05, 0.1) is 11.3 Å². The lowest BCUT2D eigenvalue weighted by Crippen LogP contribution is -2.12. The highest BCUT2D eigenvalue weighted by molar-refractivity contribution is 7.21. The summed E-state index contributed by atoms with van der Waals surface area (Å²) in [7, 11) is 0. The molecule has 0 aliphatic carbocycles. The predicted molar refractivity (Wildman–Crippen MR) is 91.0 cm³/mol. The number of fused-ring (bicyclic) bond motifs is 1. The maximum absolute atomic E-state index is 13.3. The summed E-state index contributed by atoms with van der Waals surface area (Å²) in [4.78, 5) is 16.5. The van der Waals surface area contributed by atoms with Crippen molar-refractivity contribution in [1.29, 1.82) is 0 Å². The Morgan fingerprint density at radius 2 is 2.04 bits per heavy atom. The molecule has 0 radical (unpaired) electrons. The van der Waals surface area contributed by atoms with Gasteiger partial charge in [0.1, 0.15) is 14.7 Å². The quantitative estimate of drug-likeness (QED) is 0.711. The second-order valence-corrected chi connectivity index (χ2v) is 7.20. The predicted octanol–water partition coefficient (Wildman–Crippen LogP) is 3.87. The Hall–Kier alpha value is -2.27. The normalized spacial score (nSPS) is 11.9. The van der Waals surface area contributed by atoms with Gasteiger partial charge in [-0.05, 0) is 19.4 Å². The number of hydrogen-bond acceptors (Lipinski definition) is 7. The monoisotopic (exact) mass is 387 g/mol. The van der Waals surface area contributed by atoms with Crippen molar-refractivity contribution in [1.82, 2.24) is 15.2 Å². The van der Waals surface area contributed by atoms with Gasteiger partial charge in [-0.25, -0.2) is 4.98 Å². The van der Waals surface area contributed by atoms with Crippen LogP contribution in [0.3, 0.4) is 0 Å². The van der Waals surface area contributed by atoms with Gasteiger partial charge in [0.2, 0.25) is 5.13 Å². The third kappa shape index (κ3) is 3.29. The summed E-state index contributed by atoms with van der Waals surface area (Å²) >= 11 is 2.01. The van der Waals surface area contributed by atoms with Gasteiger partial charge in [-0.15, -0.1) is 21.5 Å². The maximum atomic E-state index is 13.3. The molecule has 0 aliphatic heterocycles. The van der Waals surface area contributed by atoms with Crippen molar-refractivity contribution in [2.24, 2.45) is 0 Å². The zero-order chi connectivity index (χ0) is 18.4. The van der Waals surface area contributed by atoms with Gasteiger partial charge in [-0.3, -0.25) is 10.1 Å². The zero-order valence-corrected chi connectivity index (χ0v) is 14.7. The van der Waals surface area contributed by atoms with Crippen LogP contribution in [0.25, 0.3) is 10.2 Å². The van der Waals surface area contributed by atoms with Crippen LogP contribution in [0.5, 0.6) is 0 Å². The summed E-state index contributed by atoms with van der Waals surface area (Å²) in [6.07, 6.45) is -3.93. The standard InChI is InChI=1S/C14H12F3N5OS2/c1-3-7-21-22-13(24-7)20-11(23)10-9(18)8-6(14(15,16)17)4-5(2)19-12(8)25-10/h4H,3,18H2,1-2H3,(H,20,22,23). The minimum Gasteiger partial charge on any atom is -0.397 e. The number of nitrogens with zero attached hydrogens (tertiary/aromatic N) is 3. The molecule has 1 amide bonds. The Morgan fingerprint density at radius 3 is 2.64 bits per heavy atom. The molecule has 11 heteroatoms. The van der Waals surface area contributed by atoms with Crippen LogP contribution in [0.1, 0.15) is 32.9 Å². The second-order valence-electron chi connectivity index (χ2n) is 5.14. The number of hydrogen-bond donors (Lipinski definition) is 2. The van der Waals surface area contributed by atoms with Crippen LogP contribution in [-0.2, 0) is 12.6 Å². The van der Waals surface area contributed by atoms with Crippen molar-refractivity contribution in [3.8, 4) is 0 Å². The number of anilines is 2. The summed E-state index contributed by atoms with van der Waals surface area (Å²) in [6, 6.07) is 0.922. The highest BCUT2D eigenvalue weighted by atomic mass is 32.1. The Morgan fingerprint density at radius 1 is 1.32 bits per heavy atom. The van der Waals surface area contributed by atoms with Gasteiger partial charge in [0, 0.05) is 11.1 Å². The van der Waals surface area contributed by atoms with E-state index in [1.54, 1.807) is 0 Å². The van der Waals surface area contributed by atoms with E-state index in [1.807, 2.05) is 6.92 Å². The van der Waals surface area contributed by atoms with Crippen molar-refractivity contribution in [3.05, 3.63) is 27.2 Å². The largest absolute Gasteiger partial charge is 0.417 e. The molecule has 0 aromatic carbocycles. The number of thiophene rings is 1. The minimum atomic E-state index is -4.59. The van der Waals surface area contributed by atoms with Crippen molar-refractivity contribution in [3.63, 3.8) is 0 Å². The summed E-state index contributed by atoms with van der Waals surface area (Å²) in [6.45, 7) is 3.35. The Kier molecular flexibility index (Phi) is 4.37. The van der Waals surface area contributed by atoms with E-state index < -0.39 is 17.6 Å². The summed E-state index contributed by atoms with van der Waals surface area (Å²) in [5.74, 6) is -0.634. The lowest BCUT2D eigenvalue weighted by molar-refractivity contribution is -0.136. The van der Waals surface area contributed by atoms with E-state index in [1.165, 1.54) is 18.3 Å². The number of nitrogen functional groups attached to an aromatic ring is 1. The number of halogens is 3. The zero-order valence-electron chi connectivity index (χ0n) is 13.1. The van der Waals surface area contributed by atoms with Crippen LogP contribution < -0.4 is 11.1 Å². The first kappa shape index (κ1) is 17.5. The van der Waals surface area contributed by atoms with E-state index >= 15 is 0 Å². The molecule has 0 aliphatic rings. The fraction of sp³-hybridized carbons (Fsp3) is 0.286. The fourth-order valence-corrected chi connectivity index (χ4v) is 3.97. The van der Waals surface area contributed by atoms with Crippen LogP contribution in [0.2, 0.25) is 0 Å². The van der Waals surface area contributed by atoms with Crippen molar-refractivity contribution in [2.45, 2.75) is 26.4 Å². The number of nitrogens with one attached hydrogen (secondary N) is 1. The smallest absolute Gasteiger partial charge is 0.397 e. The fourth-order valence-electron chi connectivity index (χ4n) is 2.24. The second kappa shape index (κ2) is 6.23. The molecule has 0 saturated heterocycles. The van der Waals surface area contributed by atoms with Gasteiger partial charge in [-0.1, -0.05) is 18.3 Å². The summed E-state index contributed by atoms with van der Waals surface area (Å²) in [5.41, 5.74) is 4.91. The van der Waals surface area contributed by atoms with Crippen LogP contribution in [0.15, 0.2) is 6.07 Å². The Bertz CT molecular complexity index is 963. The molecule has 6 nitrogen and oxygen atoms in total. The molecule has 0 fully saturated rings. The molecular formula is C14H12F3N5OS2. The van der Waals surface area contributed by atoms with E-state index in [2.05, 4.69) is 20.5 Å². The summed E-state index contributed by atoms with van der Waals surface area (Å²) < 4.78 is 39.8. The van der Waals surface area contributed by atoms with Crippen LogP contribution in [0.4, 0.5) is 24.0 Å². The van der Waals surface area contributed by atoms with E-state index in [-0.39, 0.29) is 31.6 Å². The van der Waals surface area contributed by atoms with E-state index in [9.17, 15) is 18.0 Å². The first-order valence-corrected chi connectivity index (χ1v) is 8.74. The number of rotatable bonds is 3. The Labute approximate surface area is 147 Å². The topological polar surface area (TPSA) is 93.8 Å². The number of carbonyl (C=O) groups is 1. The highest BCUT2D eigenvalue weighted by Crippen LogP contribution is 2.42. The van der Waals surface area contributed by atoms with Crippen LogP contribution in [-0.4, -0.2) is 21.1 Å². The third-order valence-electron chi connectivity index (χ3n) is 3.33. The molecule has 25 heavy (non-hydrogen) atoms. The van der Waals surface area contributed by atoms with Gasteiger partial charge < -0.3 is 5.73 Å². The lowest BCUT2D eigenvalue weighted by Gasteiger charge is -2.09. The molecule has 0 saturated carbocycles. The number of nitrogens with two attached hydrogens (primary N) is 1. The third-order valence-corrected chi connectivity index (χ3v) is 5.41. The highest BCUT2D eigenvalue weighted by Gasteiger charge is 2.35. The molecule has 3 aromatic heterocycles. The van der Waals surface area contributed by atoms with E-state index in [0.717, 1.165) is 22.4 Å². The molecule has 132 valence electrons. The van der Waals surface area contributed by atoms with Crippen molar-refractivity contribution >= 4 is 49.6 Å². The van der Waals surface area contributed by atoms with Gasteiger partial charge in [-0.2, -0.15) is 13.2 Å². The number of carbonyl (C=O) groups excluding carboxylic acids is 1. The van der Waals surface area contributed by atoms with Crippen LogP contribution >= 0.6 is 22.7 Å².